The minimum Gasteiger partial charge on any atom is -0.293 e. The van der Waals surface area contributed by atoms with Gasteiger partial charge in [0.1, 0.15) is 11.6 Å². The molecule has 5 rings (SSSR count). The number of Topliss-reactive ketones (excluding diaryl/α,β-unsaturated/α-hetero) is 1. The minimum absolute atomic E-state index is 0.133. The van der Waals surface area contributed by atoms with Gasteiger partial charge >= 0.3 is 5.69 Å². The Kier molecular flexibility index (Phi) is 3.15. The van der Waals surface area contributed by atoms with E-state index in [0.717, 1.165) is 0 Å². The van der Waals surface area contributed by atoms with E-state index in [1.807, 2.05) is 0 Å². The predicted octanol–water partition coefficient (Wildman–Crippen LogP) is 2.28. The largest absolute Gasteiger partial charge is 0.327 e. The average molecular weight is 361 g/mol. The van der Waals surface area contributed by atoms with Gasteiger partial charge in [0.2, 0.25) is 0 Å². The van der Waals surface area contributed by atoms with Crippen molar-refractivity contribution in [2.45, 2.75) is 5.92 Å². The average Bonchev–Trinajstić information content (AvgIpc) is 2.93. The van der Waals surface area contributed by atoms with Crippen molar-refractivity contribution in [3.05, 3.63) is 97.4 Å². The van der Waals surface area contributed by atoms with Crippen LogP contribution >= 0.6 is 0 Å². The number of fused-ring (bicyclic) bond motifs is 4. The maximum atomic E-state index is 13.4. The topological polar surface area (TPSA) is 95.2 Å². The van der Waals surface area contributed by atoms with Crippen molar-refractivity contribution in [1.82, 2.24) is 9.97 Å². The molecule has 1 aliphatic carbocycles. The standard InChI is InChI=1S/C20H12FN3O3/c21-10-7-5-9(6-8-10)13-14-16(11-3-1-2-4-12(11)17(14)25)22-18-15(13)19(26)24-20(27)23-18/h1-8,13-14H,(H2,23,24,26,27)/t13-,14?/m0/s1. The third-order valence-corrected chi connectivity index (χ3v) is 5.11. The van der Waals surface area contributed by atoms with Crippen molar-refractivity contribution in [3.8, 4) is 0 Å². The zero-order chi connectivity index (χ0) is 18.7. The molecule has 0 fully saturated rings. The Morgan fingerprint density at radius 3 is 2.30 bits per heavy atom. The number of halogens is 1. The highest BCUT2D eigenvalue weighted by Crippen LogP contribution is 2.45. The second-order valence-electron chi connectivity index (χ2n) is 6.58. The molecule has 1 unspecified atom stereocenters. The number of benzene rings is 2. The van der Waals surface area contributed by atoms with Crippen LogP contribution in [0.4, 0.5) is 10.2 Å². The fourth-order valence-electron chi connectivity index (χ4n) is 4.00. The van der Waals surface area contributed by atoms with Crippen LogP contribution in [0.15, 0.2) is 63.1 Å². The molecule has 7 heteroatoms. The Morgan fingerprint density at radius 2 is 1.56 bits per heavy atom. The summed E-state index contributed by atoms with van der Waals surface area (Å²) in [5.41, 5.74) is 1.27. The van der Waals surface area contributed by atoms with Gasteiger partial charge < -0.3 is 0 Å². The molecule has 0 radical (unpaired) electrons. The molecule has 3 aromatic rings. The highest BCUT2D eigenvalue weighted by Gasteiger charge is 2.47. The van der Waals surface area contributed by atoms with Crippen LogP contribution in [0.5, 0.6) is 0 Å². The molecular weight excluding hydrogens is 349 g/mol. The van der Waals surface area contributed by atoms with Gasteiger partial charge in [0.05, 0.1) is 17.2 Å². The maximum Gasteiger partial charge on any atom is 0.327 e. The molecule has 1 aromatic heterocycles. The monoisotopic (exact) mass is 361 g/mol. The summed E-state index contributed by atoms with van der Waals surface area (Å²) in [5.74, 6) is -1.80. The fraction of sp³-hybridized carbons (Fsp3) is 0.100. The molecule has 2 heterocycles. The number of nitrogens with one attached hydrogen (secondary N) is 2. The highest BCUT2D eigenvalue weighted by molar-refractivity contribution is 6.30. The lowest BCUT2D eigenvalue weighted by Gasteiger charge is -2.28. The van der Waals surface area contributed by atoms with Crippen molar-refractivity contribution >= 4 is 17.3 Å². The van der Waals surface area contributed by atoms with Gasteiger partial charge in [0.15, 0.2) is 5.78 Å². The fourth-order valence-corrected chi connectivity index (χ4v) is 4.00. The summed E-state index contributed by atoms with van der Waals surface area (Å²) in [4.78, 5) is 46.7. The van der Waals surface area contributed by atoms with Crippen molar-refractivity contribution in [2.75, 3.05) is 0 Å². The summed E-state index contributed by atoms with van der Waals surface area (Å²) in [7, 11) is 0. The van der Waals surface area contributed by atoms with E-state index >= 15 is 0 Å². The molecular formula is C20H12FN3O3. The first-order chi connectivity index (χ1) is 13.0. The molecule has 2 atom stereocenters. The van der Waals surface area contributed by atoms with Gasteiger partial charge in [-0.25, -0.2) is 14.2 Å². The normalized spacial score (nSPS) is 19.9. The summed E-state index contributed by atoms with van der Waals surface area (Å²) in [6, 6.07) is 12.8. The number of aromatic amines is 2. The van der Waals surface area contributed by atoms with E-state index in [2.05, 4.69) is 15.0 Å². The summed E-state index contributed by atoms with van der Waals surface area (Å²) >= 11 is 0. The Labute approximate surface area is 151 Å². The van der Waals surface area contributed by atoms with Gasteiger partial charge in [-0.05, 0) is 17.7 Å². The van der Waals surface area contributed by atoms with Gasteiger partial charge in [-0.1, -0.05) is 36.4 Å². The van der Waals surface area contributed by atoms with Gasteiger partial charge in [-0.2, -0.15) is 0 Å². The summed E-state index contributed by atoms with van der Waals surface area (Å²) in [5, 5.41) is 0. The van der Waals surface area contributed by atoms with E-state index in [4.69, 9.17) is 0 Å². The Bertz CT molecular complexity index is 1250. The molecule has 27 heavy (non-hydrogen) atoms. The number of carbonyl (C=O) groups excluding carboxylic acids is 1. The van der Waals surface area contributed by atoms with Crippen LogP contribution in [-0.2, 0) is 0 Å². The van der Waals surface area contributed by atoms with E-state index in [1.54, 1.807) is 36.4 Å². The number of carbonyl (C=O) groups is 1. The van der Waals surface area contributed by atoms with Crippen LogP contribution in [0.3, 0.4) is 0 Å². The summed E-state index contributed by atoms with van der Waals surface area (Å²) in [6.07, 6.45) is 0. The third-order valence-electron chi connectivity index (χ3n) is 5.11. The molecule has 2 N–H and O–H groups in total. The van der Waals surface area contributed by atoms with Crippen molar-refractivity contribution in [3.63, 3.8) is 0 Å². The van der Waals surface area contributed by atoms with Crippen molar-refractivity contribution < 1.29 is 9.18 Å². The lowest BCUT2D eigenvalue weighted by molar-refractivity contribution is 0.0953. The van der Waals surface area contributed by atoms with Crippen molar-refractivity contribution in [1.29, 1.82) is 0 Å². The van der Waals surface area contributed by atoms with Gasteiger partial charge in [-0.3, -0.25) is 19.6 Å². The van der Waals surface area contributed by atoms with Crippen LogP contribution in [-0.4, -0.2) is 21.5 Å². The van der Waals surface area contributed by atoms with Crippen LogP contribution < -0.4 is 11.2 Å². The number of rotatable bonds is 1. The molecule has 1 aliphatic heterocycles. The molecule has 132 valence electrons. The van der Waals surface area contributed by atoms with E-state index in [9.17, 15) is 18.8 Å². The number of aromatic nitrogens is 2. The Morgan fingerprint density at radius 1 is 0.852 bits per heavy atom. The molecule has 2 aromatic carbocycles. The van der Waals surface area contributed by atoms with Gasteiger partial charge in [0, 0.05) is 17.0 Å². The molecule has 0 spiro atoms. The van der Waals surface area contributed by atoms with Crippen LogP contribution in [0.25, 0.3) is 0 Å². The van der Waals surface area contributed by atoms with E-state index in [0.29, 0.717) is 22.4 Å². The minimum atomic E-state index is -0.702. The zero-order valence-corrected chi connectivity index (χ0v) is 13.8. The first-order valence-electron chi connectivity index (χ1n) is 8.39. The van der Waals surface area contributed by atoms with E-state index in [-0.39, 0.29) is 17.2 Å². The number of H-pyrrole nitrogens is 2. The second kappa shape index (κ2) is 5.44. The Balaban J connectivity index is 1.85. The first kappa shape index (κ1) is 15.6. The second-order valence-corrected chi connectivity index (χ2v) is 6.58. The Hall–Kier alpha value is -3.61. The smallest absolute Gasteiger partial charge is 0.293 e. The molecule has 2 aliphatic rings. The summed E-state index contributed by atoms with van der Waals surface area (Å²) in [6.45, 7) is 0. The summed E-state index contributed by atoms with van der Waals surface area (Å²) < 4.78 is 13.4. The third kappa shape index (κ3) is 2.18. The van der Waals surface area contributed by atoms with Crippen LogP contribution in [0, 0.1) is 11.7 Å². The molecule has 6 nitrogen and oxygen atoms in total. The molecule has 0 bridgehead atoms. The lowest BCUT2D eigenvalue weighted by atomic mass is 9.76. The van der Waals surface area contributed by atoms with Crippen molar-refractivity contribution in [2.24, 2.45) is 10.9 Å². The van der Waals surface area contributed by atoms with E-state index in [1.165, 1.54) is 12.1 Å². The first-order valence-corrected chi connectivity index (χ1v) is 8.39. The SMILES string of the molecule is O=C1c2ccccc2C2=Nc3[nH]c(=O)[nH]c(=O)c3[C@@H](c3ccc(F)cc3)C12. The van der Waals surface area contributed by atoms with Gasteiger partial charge in [0.25, 0.3) is 5.56 Å². The van der Waals surface area contributed by atoms with Crippen LogP contribution in [0.2, 0.25) is 0 Å². The number of aliphatic imine (C=N–C) groups is 1. The van der Waals surface area contributed by atoms with Crippen LogP contribution in [0.1, 0.15) is 33.0 Å². The zero-order valence-electron chi connectivity index (χ0n) is 13.8. The number of hydrogen-bond acceptors (Lipinski definition) is 4. The maximum absolute atomic E-state index is 13.4. The highest BCUT2D eigenvalue weighted by atomic mass is 19.1. The quantitative estimate of drug-likeness (QED) is 0.696. The number of hydrogen-bond donors (Lipinski definition) is 2. The molecule has 0 saturated heterocycles. The predicted molar refractivity (Wildman–Crippen MR) is 96.4 cm³/mol. The number of ketones is 1. The lowest BCUT2D eigenvalue weighted by Crippen LogP contribution is -2.36. The van der Waals surface area contributed by atoms with Gasteiger partial charge in [-0.15, -0.1) is 0 Å². The molecule has 0 amide bonds. The molecule has 0 saturated carbocycles. The number of nitrogens with zero attached hydrogens (tertiary/aromatic N) is 1. The van der Waals surface area contributed by atoms with E-state index < -0.39 is 28.9 Å².